The third-order valence-corrected chi connectivity index (χ3v) is 4.79. The van der Waals surface area contributed by atoms with E-state index in [1.165, 1.54) is 18.4 Å². The van der Waals surface area contributed by atoms with Crippen molar-refractivity contribution in [1.82, 2.24) is 15.5 Å². The van der Waals surface area contributed by atoms with Crippen molar-refractivity contribution in [2.24, 2.45) is 0 Å². The van der Waals surface area contributed by atoms with Gasteiger partial charge in [0.2, 0.25) is 11.8 Å². The van der Waals surface area contributed by atoms with Crippen molar-refractivity contribution in [3.8, 4) is 0 Å². The van der Waals surface area contributed by atoms with Crippen LogP contribution in [0.3, 0.4) is 0 Å². The van der Waals surface area contributed by atoms with Gasteiger partial charge in [-0.1, -0.05) is 30.3 Å². The second kappa shape index (κ2) is 7.59. The van der Waals surface area contributed by atoms with E-state index < -0.39 is 0 Å². The van der Waals surface area contributed by atoms with Crippen LogP contribution in [-0.2, 0) is 16.0 Å². The first-order valence-electron chi connectivity index (χ1n) is 8.57. The average molecular weight is 315 g/mol. The largest absolute Gasteiger partial charge is 0.353 e. The molecule has 2 amide bonds. The number of benzene rings is 1. The number of nitrogens with one attached hydrogen (secondary N) is 2. The summed E-state index contributed by atoms with van der Waals surface area (Å²) in [6, 6.07) is 10.4. The maximum atomic E-state index is 12.2. The molecule has 0 radical (unpaired) electrons. The molecule has 0 bridgehead atoms. The molecule has 2 atom stereocenters. The number of amides is 2. The first-order chi connectivity index (χ1) is 11.2. The third-order valence-electron chi connectivity index (χ3n) is 4.79. The van der Waals surface area contributed by atoms with Gasteiger partial charge in [0.05, 0.1) is 0 Å². The monoisotopic (exact) mass is 315 g/mol. The fourth-order valence-electron chi connectivity index (χ4n) is 3.48. The summed E-state index contributed by atoms with van der Waals surface area (Å²) in [5.41, 5.74) is 1.30. The van der Waals surface area contributed by atoms with Crippen LogP contribution in [0.25, 0.3) is 0 Å². The fourth-order valence-corrected chi connectivity index (χ4v) is 3.48. The van der Waals surface area contributed by atoms with Gasteiger partial charge in [-0.05, 0) is 44.3 Å². The molecule has 2 saturated heterocycles. The third kappa shape index (κ3) is 4.32. The standard InChI is InChI=1S/C18H25N3O2/c22-17-9-8-16(20-17)18(23)19-13-15(21-10-4-5-11-21)12-14-6-2-1-3-7-14/h1-3,6-7,15-16H,4-5,8-13H2,(H,19,23)(H,20,22). The zero-order valence-electron chi connectivity index (χ0n) is 13.5. The summed E-state index contributed by atoms with van der Waals surface area (Å²) >= 11 is 0. The molecule has 1 aromatic rings. The zero-order chi connectivity index (χ0) is 16.1. The van der Waals surface area contributed by atoms with Crippen LogP contribution in [0.15, 0.2) is 30.3 Å². The van der Waals surface area contributed by atoms with Gasteiger partial charge in [0.25, 0.3) is 0 Å². The van der Waals surface area contributed by atoms with E-state index in [1.54, 1.807) is 0 Å². The zero-order valence-corrected chi connectivity index (χ0v) is 13.5. The molecule has 0 spiro atoms. The Hall–Kier alpha value is -1.88. The van der Waals surface area contributed by atoms with E-state index in [4.69, 9.17) is 0 Å². The van der Waals surface area contributed by atoms with Gasteiger partial charge in [-0.25, -0.2) is 0 Å². The minimum atomic E-state index is -0.349. The summed E-state index contributed by atoms with van der Waals surface area (Å²) in [4.78, 5) is 25.9. The number of rotatable bonds is 6. The molecule has 0 saturated carbocycles. The highest BCUT2D eigenvalue weighted by Crippen LogP contribution is 2.16. The van der Waals surface area contributed by atoms with Crippen molar-refractivity contribution < 1.29 is 9.59 Å². The molecule has 2 heterocycles. The van der Waals surface area contributed by atoms with Crippen LogP contribution in [0.1, 0.15) is 31.2 Å². The molecule has 2 fully saturated rings. The Labute approximate surface area is 137 Å². The summed E-state index contributed by atoms with van der Waals surface area (Å²) < 4.78 is 0. The predicted molar refractivity (Wildman–Crippen MR) is 88.9 cm³/mol. The van der Waals surface area contributed by atoms with Gasteiger partial charge in [-0.2, -0.15) is 0 Å². The van der Waals surface area contributed by atoms with Gasteiger partial charge >= 0.3 is 0 Å². The summed E-state index contributed by atoms with van der Waals surface area (Å²) in [5, 5.41) is 5.78. The van der Waals surface area contributed by atoms with Gasteiger partial charge in [-0.15, -0.1) is 0 Å². The summed E-state index contributed by atoms with van der Waals surface area (Å²) in [6.45, 7) is 2.85. The van der Waals surface area contributed by atoms with Gasteiger partial charge in [-0.3, -0.25) is 14.5 Å². The molecule has 5 nitrogen and oxygen atoms in total. The number of hydrogen-bond donors (Lipinski definition) is 2. The fraction of sp³-hybridized carbons (Fsp3) is 0.556. The van der Waals surface area contributed by atoms with E-state index in [0.717, 1.165) is 19.5 Å². The number of carbonyl (C=O) groups excluding carboxylic acids is 2. The molecular weight excluding hydrogens is 290 g/mol. The van der Waals surface area contributed by atoms with Crippen LogP contribution in [0, 0.1) is 0 Å². The van der Waals surface area contributed by atoms with Crippen molar-refractivity contribution >= 4 is 11.8 Å². The lowest BCUT2D eigenvalue weighted by atomic mass is 10.0. The molecule has 0 aromatic heterocycles. The highest BCUT2D eigenvalue weighted by atomic mass is 16.2. The Balaban J connectivity index is 1.57. The van der Waals surface area contributed by atoms with E-state index in [2.05, 4.69) is 39.8 Å². The second-order valence-corrected chi connectivity index (χ2v) is 6.49. The van der Waals surface area contributed by atoms with Crippen molar-refractivity contribution in [2.75, 3.05) is 19.6 Å². The lowest BCUT2D eigenvalue weighted by Crippen LogP contribution is -2.48. The normalized spacial score (nSPS) is 22.8. The highest BCUT2D eigenvalue weighted by Gasteiger charge is 2.28. The Bertz CT molecular complexity index is 540. The van der Waals surface area contributed by atoms with Gasteiger partial charge in [0.1, 0.15) is 6.04 Å². The summed E-state index contributed by atoms with van der Waals surface area (Å²) in [6.07, 6.45) is 4.48. The van der Waals surface area contributed by atoms with E-state index >= 15 is 0 Å². The molecule has 23 heavy (non-hydrogen) atoms. The van der Waals surface area contributed by atoms with Crippen molar-refractivity contribution in [1.29, 1.82) is 0 Å². The Kier molecular flexibility index (Phi) is 5.28. The molecule has 1 aromatic carbocycles. The number of nitrogens with zero attached hydrogens (tertiary/aromatic N) is 1. The van der Waals surface area contributed by atoms with Crippen LogP contribution < -0.4 is 10.6 Å². The number of carbonyl (C=O) groups is 2. The SMILES string of the molecule is O=C1CCC(C(=O)NCC(Cc2ccccc2)N2CCCC2)N1. The smallest absolute Gasteiger partial charge is 0.242 e. The van der Waals surface area contributed by atoms with Gasteiger partial charge < -0.3 is 10.6 Å². The molecule has 2 aliphatic heterocycles. The van der Waals surface area contributed by atoms with Crippen LogP contribution in [0.4, 0.5) is 0 Å². The highest BCUT2D eigenvalue weighted by molar-refractivity contribution is 5.90. The van der Waals surface area contributed by atoms with Gasteiger partial charge in [0, 0.05) is 19.0 Å². The van der Waals surface area contributed by atoms with Crippen LogP contribution in [0.2, 0.25) is 0 Å². The lowest BCUT2D eigenvalue weighted by Gasteiger charge is -2.28. The minimum Gasteiger partial charge on any atom is -0.353 e. The van der Waals surface area contributed by atoms with E-state index in [-0.39, 0.29) is 17.9 Å². The molecule has 2 unspecified atom stereocenters. The van der Waals surface area contributed by atoms with E-state index in [9.17, 15) is 9.59 Å². The van der Waals surface area contributed by atoms with Crippen LogP contribution in [0.5, 0.6) is 0 Å². The first-order valence-corrected chi connectivity index (χ1v) is 8.57. The van der Waals surface area contributed by atoms with Crippen molar-refractivity contribution in [3.63, 3.8) is 0 Å². The minimum absolute atomic E-state index is 0.0227. The first kappa shape index (κ1) is 16.0. The Morgan fingerprint density at radius 2 is 2.00 bits per heavy atom. The molecule has 3 rings (SSSR count). The summed E-state index contributed by atoms with van der Waals surface area (Å²) in [7, 11) is 0. The van der Waals surface area contributed by atoms with Crippen molar-refractivity contribution in [3.05, 3.63) is 35.9 Å². The summed E-state index contributed by atoms with van der Waals surface area (Å²) in [5.74, 6) is -0.0707. The quantitative estimate of drug-likeness (QED) is 0.826. The predicted octanol–water partition coefficient (Wildman–Crippen LogP) is 1.09. The average Bonchev–Trinajstić information content (AvgIpc) is 3.23. The maximum absolute atomic E-state index is 12.2. The lowest BCUT2D eigenvalue weighted by molar-refractivity contribution is -0.125. The Morgan fingerprint density at radius 3 is 2.65 bits per heavy atom. The molecule has 0 aliphatic carbocycles. The van der Waals surface area contributed by atoms with E-state index in [0.29, 0.717) is 25.4 Å². The van der Waals surface area contributed by atoms with Crippen LogP contribution in [-0.4, -0.2) is 48.4 Å². The topological polar surface area (TPSA) is 61.4 Å². The van der Waals surface area contributed by atoms with E-state index in [1.807, 2.05) is 6.07 Å². The number of hydrogen-bond acceptors (Lipinski definition) is 3. The van der Waals surface area contributed by atoms with Crippen LogP contribution >= 0.6 is 0 Å². The molecule has 5 heteroatoms. The Morgan fingerprint density at radius 1 is 1.26 bits per heavy atom. The molecule has 2 N–H and O–H groups in total. The van der Waals surface area contributed by atoms with Crippen molar-refractivity contribution in [2.45, 2.75) is 44.2 Å². The molecule has 2 aliphatic rings. The molecule has 124 valence electrons. The maximum Gasteiger partial charge on any atom is 0.242 e. The second-order valence-electron chi connectivity index (χ2n) is 6.49. The van der Waals surface area contributed by atoms with Gasteiger partial charge in [0.15, 0.2) is 0 Å². The molecular formula is C18H25N3O2. The number of likely N-dealkylation sites (tertiary alicyclic amines) is 1.